The zero-order chi connectivity index (χ0) is 9.42. The molecule has 68 valence electrons. The number of halogens is 1. The molecule has 0 aliphatic rings. The Balaban J connectivity index is 2.77. The quantitative estimate of drug-likeness (QED) is 0.831. The van der Waals surface area contributed by atoms with Gasteiger partial charge < -0.3 is 10.2 Å². The van der Waals surface area contributed by atoms with Gasteiger partial charge in [-0.15, -0.1) is 0 Å². The lowest BCUT2D eigenvalue weighted by Crippen LogP contribution is -2.04. The minimum atomic E-state index is 0.0256. The van der Waals surface area contributed by atoms with Crippen LogP contribution in [0.25, 0.3) is 11.0 Å². The first-order chi connectivity index (χ1) is 6.18. The van der Waals surface area contributed by atoms with Gasteiger partial charge in [0.25, 0.3) is 0 Å². The number of hydrogen-bond donors (Lipinski definition) is 1. The molecule has 2 aromatic rings. The van der Waals surface area contributed by atoms with E-state index in [1.54, 1.807) is 6.26 Å². The van der Waals surface area contributed by atoms with Crippen LogP contribution in [0, 0.1) is 0 Å². The number of furan rings is 1. The van der Waals surface area contributed by atoms with E-state index >= 15 is 0 Å². The van der Waals surface area contributed by atoms with Gasteiger partial charge in [0.1, 0.15) is 5.58 Å². The van der Waals surface area contributed by atoms with Crippen molar-refractivity contribution in [1.82, 2.24) is 0 Å². The zero-order valence-electron chi connectivity index (χ0n) is 7.25. The fourth-order valence-corrected chi connectivity index (χ4v) is 1.90. The molecule has 0 saturated heterocycles. The van der Waals surface area contributed by atoms with Crippen LogP contribution in [0.5, 0.6) is 0 Å². The van der Waals surface area contributed by atoms with Crippen LogP contribution >= 0.6 is 15.9 Å². The zero-order valence-corrected chi connectivity index (χ0v) is 8.84. The summed E-state index contributed by atoms with van der Waals surface area (Å²) in [5.74, 6) is 0. The van der Waals surface area contributed by atoms with Crippen LogP contribution in [0.4, 0.5) is 0 Å². The van der Waals surface area contributed by atoms with E-state index in [9.17, 15) is 0 Å². The van der Waals surface area contributed by atoms with Crippen LogP contribution in [0.1, 0.15) is 18.5 Å². The van der Waals surface area contributed by atoms with Gasteiger partial charge in [-0.2, -0.15) is 0 Å². The Kier molecular flexibility index (Phi) is 2.14. The van der Waals surface area contributed by atoms with Crippen molar-refractivity contribution in [1.29, 1.82) is 0 Å². The van der Waals surface area contributed by atoms with E-state index in [0.29, 0.717) is 0 Å². The predicted molar refractivity (Wildman–Crippen MR) is 56.5 cm³/mol. The minimum Gasteiger partial charge on any atom is -0.464 e. The van der Waals surface area contributed by atoms with Crippen molar-refractivity contribution in [3.8, 4) is 0 Å². The SMILES string of the molecule is CC(N)c1cc(Br)cc2occc12. The van der Waals surface area contributed by atoms with E-state index in [4.69, 9.17) is 10.2 Å². The summed E-state index contributed by atoms with van der Waals surface area (Å²) in [7, 11) is 0. The Morgan fingerprint density at radius 3 is 2.92 bits per heavy atom. The fourth-order valence-electron chi connectivity index (χ4n) is 1.44. The average Bonchev–Trinajstić information content (AvgIpc) is 2.49. The highest BCUT2D eigenvalue weighted by molar-refractivity contribution is 9.10. The Hall–Kier alpha value is -0.800. The van der Waals surface area contributed by atoms with Crippen LogP contribution in [-0.2, 0) is 0 Å². The molecule has 0 bridgehead atoms. The largest absolute Gasteiger partial charge is 0.464 e. The number of fused-ring (bicyclic) bond motifs is 1. The average molecular weight is 240 g/mol. The lowest BCUT2D eigenvalue weighted by atomic mass is 10.1. The third kappa shape index (κ3) is 1.49. The third-order valence-electron chi connectivity index (χ3n) is 2.06. The molecule has 13 heavy (non-hydrogen) atoms. The Labute approximate surface area is 84.8 Å². The highest BCUT2D eigenvalue weighted by Crippen LogP contribution is 2.28. The van der Waals surface area contributed by atoms with Crippen molar-refractivity contribution >= 4 is 26.9 Å². The molecule has 0 saturated carbocycles. The van der Waals surface area contributed by atoms with E-state index in [1.807, 2.05) is 25.1 Å². The molecule has 1 heterocycles. The van der Waals surface area contributed by atoms with E-state index in [2.05, 4.69) is 15.9 Å². The summed E-state index contributed by atoms with van der Waals surface area (Å²) < 4.78 is 6.31. The van der Waals surface area contributed by atoms with Crippen LogP contribution in [-0.4, -0.2) is 0 Å². The smallest absolute Gasteiger partial charge is 0.135 e. The minimum absolute atomic E-state index is 0.0256. The molecule has 1 atom stereocenters. The van der Waals surface area contributed by atoms with Gasteiger partial charge in [0, 0.05) is 15.9 Å². The molecule has 0 amide bonds. The van der Waals surface area contributed by atoms with E-state index in [1.165, 1.54) is 0 Å². The standard InChI is InChI=1S/C10H10BrNO/c1-6(12)9-4-7(11)5-10-8(9)2-3-13-10/h2-6H,12H2,1H3. The second-order valence-corrected chi connectivity index (χ2v) is 4.03. The Morgan fingerprint density at radius 1 is 1.46 bits per heavy atom. The van der Waals surface area contributed by atoms with E-state index in [0.717, 1.165) is 21.0 Å². The lowest BCUT2D eigenvalue weighted by molar-refractivity contribution is 0.615. The third-order valence-corrected chi connectivity index (χ3v) is 2.52. The molecule has 0 aliphatic heterocycles. The topological polar surface area (TPSA) is 39.2 Å². The summed E-state index contributed by atoms with van der Waals surface area (Å²) in [5, 5.41) is 1.10. The molecule has 0 spiro atoms. The van der Waals surface area contributed by atoms with Gasteiger partial charge in [-0.3, -0.25) is 0 Å². The highest BCUT2D eigenvalue weighted by Gasteiger charge is 2.08. The molecule has 0 radical (unpaired) electrons. The molecular formula is C10H10BrNO. The summed E-state index contributed by atoms with van der Waals surface area (Å²) >= 11 is 3.42. The molecule has 3 heteroatoms. The molecule has 0 aliphatic carbocycles. The van der Waals surface area contributed by atoms with Crippen molar-refractivity contribution in [3.63, 3.8) is 0 Å². The summed E-state index contributed by atoms with van der Waals surface area (Å²) in [5.41, 5.74) is 7.83. The second kappa shape index (κ2) is 3.16. The number of hydrogen-bond acceptors (Lipinski definition) is 2. The maximum atomic E-state index is 5.85. The van der Waals surface area contributed by atoms with Gasteiger partial charge in [-0.05, 0) is 30.7 Å². The van der Waals surface area contributed by atoms with Gasteiger partial charge in [0.2, 0.25) is 0 Å². The molecule has 2 N–H and O–H groups in total. The van der Waals surface area contributed by atoms with Crippen LogP contribution in [0.2, 0.25) is 0 Å². The second-order valence-electron chi connectivity index (χ2n) is 3.12. The highest BCUT2D eigenvalue weighted by atomic mass is 79.9. The Bertz CT molecular complexity index is 433. The van der Waals surface area contributed by atoms with Gasteiger partial charge in [0.15, 0.2) is 0 Å². The molecule has 1 aromatic heterocycles. The molecule has 1 aromatic carbocycles. The maximum absolute atomic E-state index is 5.85. The number of nitrogens with two attached hydrogens (primary N) is 1. The lowest BCUT2D eigenvalue weighted by Gasteiger charge is -2.06. The first kappa shape index (κ1) is 8.78. The molecule has 1 unspecified atom stereocenters. The summed E-state index contributed by atoms with van der Waals surface area (Å²) in [6.45, 7) is 1.97. The number of benzene rings is 1. The molecular weight excluding hydrogens is 230 g/mol. The van der Waals surface area contributed by atoms with Gasteiger partial charge in [-0.25, -0.2) is 0 Å². The summed E-state index contributed by atoms with van der Waals surface area (Å²) in [6, 6.07) is 5.95. The number of rotatable bonds is 1. The van der Waals surface area contributed by atoms with Crippen molar-refractivity contribution in [2.75, 3.05) is 0 Å². The summed E-state index contributed by atoms with van der Waals surface area (Å²) in [6.07, 6.45) is 1.68. The van der Waals surface area contributed by atoms with Crippen molar-refractivity contribution in [3.05, 3.63) is 34.5 Å². The van der Waals surface area contributed by atoms with Crippen molar-refractivity contribution < 1.29 is 4.42 Å². The molecule has 2 nitrogen and oxygen atoms in total. The maximum Gasteiger partial charge on any atom is 0.135 e. The van der Waals surface area contributed by atoms with E-state index < -0.39 is 0 Å². The van der Waals surface area contributed by atoms with E-state index in [-0.39, 0.29) is 6.04 Å². The first-order valence-corrected chi connectivity index (χ1v) is 4.90. The molecule has 0 fully saturated rings. The van der Waals surface area contributed by atoms with Gasteiger partial charge in [-0.1, -0.05) is 15.9 Å². The van der Waals surface area contributed by atoms with Crippen molar-refractivity contribution in [2.24, 2.45) is 5.73 Å². The monoisotopic (exact) mass is 239 g/mol. The molecule has 2 rings (SSSR count). The fraction of sp³-hybridized carbons (Fsp3) is 0.200. The predicted octanol–water partition coefficient (Wildman–Crippen LogP) is 3.22. The van der Waals surface area contributed by atoms with Crippen LogP contribution < -0.4 is 5.73 Å². The Morgan fingerprint density at radius 2 is 2.23 bits per heavy atom. The summed E-state index contributed by atoms with van der Waals surface area (Å²) in [4.78, 5) is 0. The normalized spacial score (nSPS) is 13.5. The van der Waals surface area contributed by atoms with Crippen LogP contribution in [0.15, 0.2) is 33.4 Å². The first-order valence-electron chi connectivity index (χ1n) is 4.10. The van der Waals surface area contributed by atoms with Gasteiger partial charge in [0.05, 0.1) is 6.26 Å². The van der Waals surface area contributed by atoms with Crippen LogP contribution in [0.3, 0.4) is 0 Å². The van der Waals surface area contributed by atoms with Crippen molar-refractivity contribution in [2.45, 2.75) is 13.0 Å². The van der Waals surface area contributed by atoms with Gasteiger partial charge >= 0.3 is 0 Å².